The van der Waals surface area contributed by atoms with Gasteiger partial charge in [0, 0.05) is 38.8 Å². The van der Waals surface area contributed by atoms with Gasteiger partial charge < -0.3 is 10.6 Å². The summed E-state index contributed by atoms with van der Waals surface area (Å²) in [5, 5.41) is 7.75. The van der Waals surface area contributed by atoms with Gasteiger partial charge in [-0.05, 0) is 185 Å². The molecule has 14 aromatic carbocycles. The highest BCUT2D eigenvalue weighted by molar-refractivity contribution is 6.33. The Morgan fingerprint density at radius 2 is 0.696 bits per heavy atom. The third-order valence-electron chi connectivity index (χ3n) is 22.1. The van der Waals surface area contributed by atoms with E-state index in [-0.39, 0.29) is 5.92 Å². The molecule has 0 unspecified atom stereocenters. The molecule has 4 aliphatic rings. The Bertz CT molecular complexity index is 4960. The smallest absolute Gasteiger partial charge is 0.0713 e. The summed E-state index contributed by atoms with van der Waals surface area (Å²) in [6.45, 7) is 0. The van der Waals surface area contributed by atoms with E-state index in [1.54, 1.807) is 0 Å². The average molecular weight is 1180 g/mol. The van der Waals surface area contributed by atoms with Gasteiger partial charge in [0.05, 0.1) is 16.5 Å². The van der Waals surface area contributed by atoms with Crippen molar-refractivity contribution in [3.8, 4) is 44.5 Å². The summed E-state index contributed by atoms with van der Waals surface area (Å²) < 4.78 is 0. The number of hydrogen-bond donors (Lipinski definition) is 1. The molecule has 2 fully saturated rings. The van der Waals surface area contributed by atoms with Crippen LogP contribution in [0.4, 0.5) is 22.7 Å². The fourth-order valence-corrected chi connectivity index (χ4v) is 18.3. The number of benzene rings is 14. The predicted molar refractivity (Wildman–Crippen MR) is 386 cm³/mol. The van der Waals surface area contributed by atoms with Crippen molar-refractivity contribution < 1.29 is 0 Å². The van der Waals surface area contributed by atoms with E-state index in [9.17, 15) is 0 Å². The van der Waals surface area contributed by atoms with Crippen LogP contribution in [0.15, 0.2) is 291 Å². The average Bonchev–Trinajstić information content (AvgIpc) is 0.987. The molecule has 4 aliphatic carbocycles. The van der Waals surface area contributed by atoms with Gasteiger partial charge in [0.15, 0.2) is 0 Å². The molecule has 0 aromatic heterocycles. The summed E-state index contributed by atoms with van der Waals surface area (Å²) in [6, 6.07) is 111. The number of rotatable bonds is 11. The van der Waals surface area contributed by atoms with Crippen LogP contribution in [-0.4, -0.2) is 0 Å². The number of nitrogens with two attached hydrogens (primary N) is 1. The van der Waals surface area contributed by atoms with Gasteiger partial charge in [0.2, 0.25) is 0 Å². The fraction of sp³-hybridized carbons (Fsp3) is 0.156. The van der Waals surface area contributed by atoms with Crippen molar-refractivity contribution in [1.82, 2.24) is 0 Å². The third-order valence-corrected chi connectivity index (χ3v) is 22.1. The Morgan fingerprint density at radius 1 is 0.304 bits per heavy atom. The van der Waals surface area contributed by atoms with Gasteiger partial charge in [-0.25, -0.2) is 0 Å². The molecule has 0 aliphatic heterocycles. The highest BCUT2D eigenvalue weighted by atomic mass is 15.1. The number of hydrogen-bond acceptors (Lipinski definition) is 2. The van der Waals surface area contributed by atoms with E-state index in [0.29, 0.717) is 5.92 Å². The Hall–Kier alpha value is -10.3. The maximum Gasteiger partial charge on any atom is 0.0713 e. The zero-order chi connectivity index (χ0) is 60.9. The molecule has 2 nitrogen and oxygen atoms in total. The molecule has 14 aromatic rings. The molecule has 2 heteroatoms. The van der Waals surface area contributed by atoms with Crippen LogP contribution < -0.4 is 10.6 Å². The number of nitrogens with zero attached hydrogens (tertiary/aromatic N) is 1. The van der Waals surface area contributed by atoms with Gasteiger partial charge in [-0.15, -0.1) is 0 Å². The van der Waals surface area contributed by atoms with Crippen LogP contribution in [0.25, 0.3) is 76.8 Å². The zero-order valence-electron chi connectivity index (χ0n) is 52.0. The van der Waals surface area contributed by atoms with E-state index in [1.165, 1.54) is 184 Å². The maximum atomic E-state index is 7.75. The van der Waals surface area contributed by atoms with Gasteiger partial charge in [0.25, 0.3) is 0 Å². The molecular weight excluding hydrogens is 1110 g/mol. The summed E-state index contributed by atoms with van der Waals surface area (Å²) in [5.74, 6) is 0.736. The van der Waals surface area contributed by atoms with Crippen LogP contribution in [-0.2, 0) is 10.8 Å². The lowest BCUT2D eigenvalue weighted by molar-refractivity contribution is 0.445. The first-order valence-corrected chi connectivity index (χ1v) is 33.8. The molecule has 442 valence electrons. The first kappa shape index (κ1) is 54.6. The van der Waals surface area contributed by atoms with E-state index in [4.69, 9.17) is 5.73 Å². The minimum atomic E-state index is -0.535. The topological polar surface area (TPSA) is 29.3 Å². The highest BCUT2D eigenvalue weighted by Crippen LogP contribution is 2.61. The van der Waals surface area contributed by atoms with Gasteiger partial charge >= 0.3 is 0 Å². The van der Waals surface area contributed by atoms with Crippen molar-refractivity contribution in [1.29, 1.82) is 0 Å². The second kappa shape index (κ2) is 22.0. The lowest BCUT2D eigenvalue weighted by Gasteiger charge is -2.36. The van der Waals surface area contributed by atoms with Crippen molar-refractivity contribution >= 4 is 55.1 Å². The molecule has 0 amide bonds. The van der Waals surface area contributed by atoms with Crippen LogP contribution in [0.5, 0.6) is 0 Å². The quantitative estimate of drug-likeness (QED) is 0.103. The van der Waals surface area contributed by atoms with Crippen molar-refractivity contribution in [2.45, 2.75) is 86.9 Å². The molecule has 0 spiro atoms. The first-order valence-electron chi connectivity index (χ1n) is 33.8. The lowest BCUT2D eigenvalue weighted by atomic mass is 9.67. The van der Waals surface area contributed by atoms with Crippen LogP contribution in [0, 0.1) is 0 Å². The van der Waals surface area contributed by atoms with Crippen molar-refractivity contribution in [2.75, 3.05) is 10.6 Å². The summed E-state index contributed by atoms with van der Waals surface area (Å²) >= 11 is 0. The molecule has 0 bridgehead atoms. The fourth-order valence-electron chi connectivity index (χ4n) is 18.3. The predicted octanol–water partition coefficient (Wildman–Crippen LogP) is 23.8. The summed E-state index contributed by atoms with van der Waals surface area (Å²) in [7, 11) is 0. The molecule has 0 atom stereocenters. The Morgan fingerprint density at radius 3 is 1.16 bits per heavy atom. The maximum absolute atomic E-state index is 7.75. The largest absolute Gasteiger partial charge is 0.398 e. The van der Waals surface area contributed by atoms with Gasteiger partial charge in [-0.3, -0.25) is 0 Å². The van der Waals surface area contributed by atoms with Crippen LogP contribution in [0.1, 0.15) is 132 Å². The first-order chi connectivity index (χ1) is 45.6. The van der Waals surface area contributed by atoms with E-state index in [1.807, 2.05) is 0 Å². The Labute approximate surface area is 540 Å². The Balaban J connectivity index is 0.969. The van der Waals surface area contributed by atoms with Gasteiger partial charge in [-0.1, -0.05) is 293 Å². The summed E-state index contributed by atoms with van der Waals surface area (Å²) in [6.07, 6.45) is 12.0. The standard InChI is InChI=1S/C90H72N2/c91-82-58-75(59-27-7-1-8-28-59)73-55-56-74-86-85(73)77(82)57-76(60-47-51-65(52-48-60)89(63-31-11-3-12-32-63)78-43-23-19-39-69(78)70-40-20-24-44-79(70)89)87(86)83(61-29-9-2-10-30-61)84(88(74)92(67-35-15-5-16-36-67)68-37-17-6-18-38-68)62-49-53-66(54-50-62)90(64-33-13-4-14-34-64)80-45-25-21-41-71(80)72-42-22-26-46-81(72)90/h3-6,11-26,31-59,61H,1-2,7-10,27-30,91H2. The second-order valence-corrected chi connectivity index (χ2v) is 26.7. The molecule has 2 N–H and O–H groups in total. The highest BCUT2D eigenvalue weighted by Gasteiger charge is 2.48. The molecule has 0 radical (unpaired) electrons. The van der Waals surface area contributed by atoms with E-state index in [0.717, 1.165) is 35.3 Å². The van der Waals surface area contributed by atoms with Crippen molar-refractivity contribution in [2.24, 2.45) is 0 Å². The molecular formula is C90H72N2. The summed E-state index contributed by atoms with van der Waals surface area (Å²) in [4.78, 5) is 2.61. The lowest BCUT2D eigenvalue weighted by Crippen LogP contribution is -2.28. The third kappa shape index (κ3) is 8.12. The van der Waals surface area contributed by atoms with Gasteiger partial charge in [0.1, 0.15) is 0 Å². The molecule has 0 heterocycles. The van der Waals surface area contributed by atoms with E-state index >= 15 is 0 Å². The number of anilines is 4. The molecule has 0 saturated heterocycles. The SMILES string of the molecule is Nc1cc(C2CCCCC2)c2ccc3c(N(c4ccccc4)c4ccccc4)c(-c4ccc(C5(c6ccccc6)c6ccccc6-c6ccccc65)cc4)c(C4CCCCC4)c4c(-c5ccc(C6(c7ccccc7)c7ccccc7-c7ccccc76)cc5)cc1c2c34. The molecule has 18 rings (SSSR count). The minimum absolute atomic E-state index is 0.278. The van der Waals surface area contributed by atoms with Crippen molar-refractivity contribution in [3.63, 3.8) is 0 Å². The number of fused-ring (bicyclic) bond motifs is 6. The summed E-state index contributed by atoms with van der Waals surface area (Å²) in [5.41, 5.74) is 34.5. The van der Waals surface area contributed by atoms with Crippen LogP contribution in [0.3, 0.4) is 0 Å². The molecule has 2 saturated carbocycles. The van der Waals surface area contributed by atoms with Crippen molar-refractivity contribution in [3.05, 3.63) is 347 Å². The number of nitrogen functional groups attached to an aromatic ring is 1. The van der Waals surface area contributed by atoms with Crippen LogP contribution >= 0.6 is 0 Å². The van der Waals surface area contributed by atoms with Crippen LogP contribution in [0.2, 0.25) is 0 Å². The van der Waals surface area contributed by atoms with Gasteiger partial charge in [-0.2, -0.15) is 0 Å². The number of para-hydroxylation sites is 2. The second-order valence-electron chi connectivity index (χ2n) is 26.7. The molecule has 92 heavy (non-hydrogen) atoms. The normalized spacial score (nSPS) is 15.7. The Kier molecular flexibility index (Phi) is 13.1. The van der Waals surface area contributed by atoms with E-state index in [2.05, 4.69) is 296 Å². The monoisotopic (exact) mass is 1180 g/mol. The van der Waals surface area contributed by atoms with E-state index < -0.39 is 10.8 Å². The zero-order valence-corrected chi connectivity index (χ0v) is 52.0. The minimum Gasteiger partial charge on any atom is -0.398 e.